The number of imidazole rings is 1. The van der Waals surface area contributed by atoms with Crippen LogP contribution in [0, 0.1) is 5.82 Å². The van der Waals surface area contributed by atoms with Crippen LogP contribution in [0.1, 0.15) is 25.2 Å². The fourth-order valence-electron chi connectivity index (χ4n) is 1.70. The van der Waals surface area contributed by atoms with Crippen molar-refractivity contribution in [3.63, 3.8) is 0 Å². The number of hydrogen-bond donors (Lipinski definition) is 2. The molecule has 0 saturated heterocycles. The summed E-state index contributed by atoms with van der Waals surface area (Å²) >= 11 is 5.60. The van der Waals surface area contributed by atoms with Crippen LogP contribution in [-0.4, -0.2) is 18.4 Å². The van der Waals surface area contributed by atoms with E-state index in [1.807, 2.05) is 6.92 Å². The summed E-state index contributed by atoms with van der Waals surface area (Å²) in [6.45, 7) is 1.83. The lowest BCUT2D eigenvalue weighted by atomic mass is 10.2. The SMILES string of the molecule is CCC(NS(=O)(=O)c1ccc(F)c(Cl)c1)c1ncc[nH]1. The van der Waals surface area contributed by atoms with Gasteiger partial charge in [-0.3, -0.25) is 0 Å². The van der Waals surface area contributed by atoms with Crippen molar-refractivity contribution < 1.29 is 12.8 Å². The number of sulfonamides is 1. The van der Waals surface area contributed by atoms with Crippen LogP contribution in [0.25, 0.3) is 0 Å². The maximum Gasteiger partial charge on any atom is 0.241 e. The van der Waals surface area contributed by atoms with Crippen molar-refractivity contribution >= 4 is 21.6 Å². The lowest BCUT2D eigenvalue weighted by Gasteiger charge is -2.15. The smallest absolute Gasteiger partial charge is 0.241 e. The first kappa shape index (κ1) is 15.0. The lowest BCUT2D eigenvalue weighted by molar-refractivity contribution is 0.539. The van der Waals surface area contributed by atoms with Gasteiger partial charge in [-0.1, -0.05) is 18.5 Å². The Hall–Kier alpha value is -1.44. The van der Waals surface area contributed by atoms with E-state index in [1.54, 1.807) is 12.4 Å². The van der Waals surface area contributed by atoms with Crippen molar-refractivity contribution in [2.75, 3.05) is 0 Å². The summed E-state index contributed by atoms with van der Waals surface area (Å²) in [5.74, 6) is -0.145. The normalized spacial score (nSPS) is 13.3. The van der Waals surface area contributed by atoms with Crippen molar-refractivity contribution in [1.29, 1.82) is 0 Å². The van der Waals surface area contributed by atoms with Gasteiger partial charge >= 0.3 is 0 Å². The summed E-state index contributed by atoms with van der Waals surface area (Å²) in [5, 5.41) is -0.237. The van der Waals surface area contributed by atoms with Gasteiger partial charge in [0.05, 0.1) is 16.0 Å². The number of aromatic amines is 1. The van der Waals surface area contributed by atoms with Gasteiger partial charge in [-0.25, -0.2) is 22.5 Å². The number of nitrogens with zero attached hydrogens (tertiary/aromatic N) is 1. The molecule has 5 nitrogen and oxygen atoms in total. The van der Waals surface area contributed by atoms with E-state index in [-0.39, 0.29) is 9.92 Å². The molecule has 20 heavy (non-hydrogen) atoms. The van der Waals surface area contributed by atoms with Gasteiger partial charge in [0.25, 0.3) is 0 Å². The second-order valence-electron chi connectivity index (χ2n) is 4.13. The lowest BCUT2D eigenvalue weighted by Crippen LogP contribution is -2.29. The van der Waals surface area contributed by atoms with Gasteiger partial charge in [0.15, 0.2) is 0 Å². The van der Waals surface area contributed by atoms with Crippen molar-refractivity contribution in [2.24, 2.45) is 0 Å². The number of rotatable bonds is 5. The van der Waals surface area contributed by atoms with Crippen LogP contribution < -0.4 is 4.72 Å². The maximum atomic E-state index is 13.1. The van der Waals surface area contributed by atoms with Crippen LogP contribution in [0.15, 0.2) is 35.5 Å². The van der Waals surface area contributed by atoms with Gasteiger partial charge in [0, 0.05) is 12.4 Å². The quantitative estimate of drug-likeness (QED) is 0.890. The van der Waals surface area contributed by atoms with Gasteiger partial charge in [-0.2, -0.15) is 0 Å². The monoisotopic (exact) mass is 317 g/mol. The molecule has 108 valence electrons. The number of aromatic nitrogens is 2. The molecule has 1 aromatic carbocycles. The summed E-state index contributed by atoms with van der Waals surface area (Å²) in [6, 6.07) is 2.77. The zero-order chi connectivity index (χ0) is 14.8. The van der Waals surface area contributed by atoms with Crippen LogP contribution >= 0.6 is 11.6 Å². The minimum absolute atomic E-state index is 0.0890. The topological polar surface area (TPSA) is 74.8 Å². The molecule has 2 N–H and O–H groups in total. The van der Waals surface area contributed by atoms with Crippen LogP contribution in [0.5, 0.6) is 0 Å². The number of halogens is 2. The second-order valence-corrected chi connectivity index (χ2v) is 6.25. The molecule has 1 aromatic heterocycles. The van der Waals surface area contributed by atoms with Crippen LogP contribution in [0.3, 0.4) is 0 Å². The van der Waals surface area contributed by atoms with Crippen LogP contribution in [0.2, 0.25) is 5.02 Å². The fourth-order valence-corrected chi connectivity index (χ4v) is 3.25. The third kappa shape index (κ3) is 3.17. The van der Waals surface area contributed by atoms with Gasteiger partial charge in [0.1, 0.15) is 11.6 Å². The standard InChI is InChI=1S/C12H13ClFN3O2S/c1-2-11(12-15-5-6-16-12)17-20(18,19)8-3-4-10(14)9(13)7-8/h3-7,11,17H,2H2,1H3,(H,15,16). The largest absolute Gasteiger partial charge is 0.347 e. The highest BCUT2D eigenvalue weighted by atomic mass is 35.5. The zero-order valence-corrected chi connectivity index (χ0v) is 12.2. The molecule has 1 atom stereocenters. The molecule has 0 spiro atoms. The first-order chi connectivity index (χ1) is 9.44. The van der Waals surface area contributed by atoms with E-state index in [0.717, 1.165) is 12.1 Å². The molecule has 0 bridgehead atoms. The summed E-state index contributed by atoms with van der Waals surface area (Å²) in [5.41, 5.74) is 0. The molecule has 8 heteroatoms. The van der Waals surface area contributed by atoms with E-state index in [2.05, 4.69) is 14.7 Å². The molecule has 0 radical (unpaired) electrons. The molecule has 0 fully saturated rings. The highest BCUT2D eigenvalue weighted by Crippen LogP contribution is 2.21. The average Bonchev–Trinajstić information content (AvgIpc) is 2.93. The average molecular weight is 318 g/mol. The number of nitrogens with one attached hydrogen (secondary N) is 2. The summed E-state index contributed by atoms with van der Waals surface area (Å²) in [4.78, 5) is 6.80. The molecule has 0 amide bonds. The summed E-state index contributed by atoms with van der Waals surface area (Å²) in [7, 11) is -3.80. The van der Waals surface area contributed by atoms with E-state index in [4.69, 9.17) is 11.6 Å². The Morgan fingerprint density at radius 2 is 2.25 bits per heavy atom. The molecular weight excluding hydrogens is 305 g/mol. The number of hydrogen-bond acceptors (Lipinski definition) is 3. The Bertz CT molecular complexity index is 689. The van der Waals surface area contributed by atoms with Crippen molar-refractivity contribution in [1.82, 2.24) is 14.7 Å². The molecule has 2 rings (SSSR count). The fraction of sp³-hybridized carbons (Fsp3) is 0.250. The first-order valence-corrected chi connectivity index (χ1v) is 7.77. The molecule has 0 aliphatic heterocycles. The predicted molar refractivity (Wildman–Crippen MR) is 73.4 cm³/mol. The van der Waals surface area contributed by atoms with Crippen molar-refractivity contribution in [2.45, 2.75) is 24.3 Å². The minimum Gasteiger partial charge on any atom is -0.347 e. The Morgan fingerprint density at radius 1 is 1.50 bits per heavy atom. The second kappa shape index (κ2) is 5.90. The number of benzene rings is 1. The Balaban J connectivity index is 2.28. The zero-order valence-electron chi connectivity index (χ0n) is 10.6. The highest BCUT2D eigenvalue weighted by molar-refractivity contribution is 7.89. The maximum absolute atomic E-state index is 13.1. The van der Waals surface area contributed by atoms with Gasteiger partial charge < -0.3 is 4.98 Å². The van der Waals surface area contributed by atoms with Crippen LogP contribution in [-0.2, 0) is 10.0 Å². The molecule has 1 unspecified atom stereocenters. The molecular formula is C12H13ClFN3O2S. The Morgan fingerprint density at radius 3 is 2.80 bits per heavy atom. The molecule has 1 heterocycles. The predicted octanol–water partition coefficient (Wildman–Crippen LogP) is 2.63. The third-order valence-electron chi connectivity index (χ3n) is 2.76. The van der Waals surface area contributed by atoms with Gasteiger partial charge in [-0.05, 0) is 24.6 Å². The summed E-state index contributed by atoms with van der Waals surface area (Å²) < 4.78 is 40.0. The van der Waals surface area contributed by atoms with E-state index < -0.39 is 21.9 Å². The van der Waals surface area contributed by atoms with Gasteiger partial charge in [0.2, 0.25) is 10.0 Å². The Labute approximate surface area is 121 Å². The minimum atomic E-state index is -3.80. The van der Waals surface area contributed by atoms with E-state index in [9.17, 15) is 12.8 Å². The summed E-state index contributed by atoms with van der Waals surface area (Å²) in [6.07, 6.45) is 3.67. The van der Waals surface area contributed by atoms with Crippen LogP contribution in [0.4, 0.5) is 4.39 Å². The van der Waals surface area contributed by atoms with Crippen molar-refractivity contribution in [3.05, 3.63) is 47.3 Å². The molecule has 0 aliphatic rings. The van der Waals surface area contributed by atoms with Gasteiger partial charge in [-0.15, -0.1) is 0 Å². The molecule has 0 saturated carbocycles. The van der Waals surface area contributed by atoms with E-state index in [0.29, 0.717) is 12.2 Å². The Kier molecular flexibility index (Phi) is 4.42. The molecule has 0 aliphatic carbocycles. The highest BCUT2D eigenvalue weighted by Gasteiger charge is 2.22. The molecule has 2 aromatic rings. The number of H-pyrrole nitrogens is 1. The third-order valence-corrected chi connectivity index (χ3v) is 4.52. The van der Waals surface area contributed by atoms with E-state index >= 15 is 0 Å². The first-order valence-electron chi connectivity index (χ1n) is 5.90. The van der Waals surface area contributed by atoms with Crippen molar-refractivity contribution in [3.8, 4) is 0 Å². The van der Waals surface area contributed by atoms with E-state index in [1.165, 1.54) is 6.07 Å².